The van der Waals surface area contributed by atoms with Crippen molar-refractivity contribution in [1.82, 2.24) is 23.9 Å². The highest BCUT2D eigenvalue weighted by Crippen LogP contribution is 2.56. The van der Waals surface area contributed by atoms with Gasteiger partial charge in [0.25, 0.3) is 11.5 Å². The van der Waals surface area contributed by atoms with Crippen molar-refractivity contribution >= 4 is 41.1 Å². The first-order chi connectivity index (χ1) is 17.3. The standard InChI is InChI=1S/C23H26N6O6S/c1-35-19(31)7-3-2-5-15(25-21(33)17-12-24-36-28-17)20(32)26-16-6-4-8-29(22(16)34)13-18(30)27-23-9-14(10-23)11-23/h3-4,6-8,12,14-15H,2,5,9-11,13H2,1H3,(H,25,33)(H,26,32)(H,27,30)/b7-3+/t14?,15-,23?/m0/s1. The Hall–Kier alpha value is -3.87. The Morgan fingerprint density at radius 2 is 2.08 bits per heavy atom. The van der Waals surface area contributed by atoms with E-state index in [0.717, 1.165) is 31.0 Å². The van der Waals surface area contributed by atoms with Crippen LogP contribution in [0, 0.1) is 5.92 Å². The van der Waals surface area contributed by atoms with Crippen molar-refractivity contribution in [3.8, 4) is 0 Å². The van der Waals surface area contributed by atoms with Crippen LogP contribution in [0.3, 0.4) is 0 Å². The minimum absolute atomic E-state index is 0.0273. The summed E-state index contributed by atoms with van der Waals surface area (Å²) in [6, 6.07) is 1.94. The Kier molecular flexibility index (Phi) is 7.58. The van der Waals surface area contributed by atoms with Crippen LogP contribution >= 0.6 is 11.7 Å². The van der Waals surface area contributed by atoms with Crippen molar-refractivity contribution in [1.29, 1.82) is 0 Å². The molecule has 1 atom stereocenters. The van der Waals surface area contributed by atoms with Crippen LogP contribution in [0.25, 0.3) is 0 Å². The van der Waals surface area contributed by atoms with E-state index in [-0.39, 0.29) is 42.2 Å². The molecule has 0 spiro atoms. The molecule has 3 amide bonds. The SMILES string of the molecule is COC(=O)/C=C/CC[C@H](NC(=O)c1cnsn1)C(=O)Nc1cccn(CC(=O)NC23CC(C2)C3)c1=O. The zero-order valence-corrected chi connectivity index (χ0v) is 20.4. The summed E-state index contributed by atoms with van der Waals surface area (Å²) in [7, 11) is 1.25. The van der Waals surface area contributed by atoms with Crippen molar-refractivity contribution in [3.05, 3.63) is 52.7 Å². The maximum Gasteiger partial charge on any atom is 0.330 e. The van der Waals surface area contributed by atoms with E-state index in [4.69, 9.17) is 0 Å². The van der Waals surface area contributed by atoms with Gasteiger partial charge in [-0.05, 0) is 50.2 Å². The van der Waals surface area contributed by atoms with Crippen molar-refractivity contribution in [2.75, 3.05) is 12.4 Å². The third kappa shape index (κ3) is 5.85. The van der Waals surface area contributed by atoms with E-state index >= 15 is 0 Å². The van der Waals surface area contributed by atoms with E-state index in [1.165, 1.54) is 42.3 Å². The number of aromatic nitrogens is 3. The second-order valence-electron chi connectivity index (χ2n) is 8.97. The van der Waals surface area contributed by atoms with E-state index in [1.807, 2.05) is 0 Å². The Morgan fingerprint density at radius 1 is 1.31 bits per heavy atom. The molecule has 2 bridgehead atoms. The molecule has 0 aliphatic heterocycles. The molecule has 0 saturated heterocycles. The predicted octanol–water partition coefficient (Wildman–Crippen LogP) is 0.615. The van der Waals surface area contributed by atoms with Gasteiger partial charge in [0.1, 0.15) is 18.3 Å². The van der Waals surface area contributed by atoms with Crippen LogP contribution < -0.4 is 21.5 Å². The molecule has 5 rings (SSSR count). The van der Waals surface area contributed by atoms with E-state index in [0.29, 0.717) is 5.92 Å². The van der Waals surface area contributed by atoms with Gasteiger partial charge >= 0.3 is 5.97 Å². The van der Waals surface area contributed by atoms with Crippen molar-refractivity contribution in [2.45, 2.75) is 50.2 Å². The Labute approximate surface area is 210 Å². The maximum absolute atomic E-state index is 13.0. The fourth-order valence-electron chi connectivity index (χ4n) is 4.37. The van der Waals surface area contributed by atoms with Crippen LogP contribution in [0.1, 0.15) is 42.6 Å². The summed E-state index contributed by atoms with van der Waals surface area (Å²) in [5.74, 6) is -1.32. The summed E-state index contributed by atoms with van der Waals surface area (Å²) in [6.45, 7) is -0.162. The first kappa shape index (κ1) is 25.2. The van der Waals surface area contributed by atoms with Crippen LogP contribution in [0.2, 0.25) is 0 Å². The largest absolute Gasteiger partial charge is 0.466 e. The Bertz CT molecular complexity index is 1220. The Balaban J connectivity index is 1.41. The lowest BCUT2D eigenvalue weighted by Crippen LogP contribution is -2.68. The van der Waals surface area contributed by atoms with Gasteiger partial charge in [0.2, 0.25) is 11.8 Å². The van der Waals surface area contributed by atoms with Crippen molar-refractivity contribution < 1.29 is 23.9 Å². The smallest absolute Gasteiger partial charge is 0.330 e. The molecule has 2 aromatic rings. The molecule has 0 aromatic carbocycles. The van der Waals surface area contributed by atoms with Gasteiger partial charge < -0.3 is 25.3 Å². The number of ether oxygens (including phenoxy) is 1. The summed E-state index contributed by atoms with van der Waals surface area (Å²) < 4.78 is 13.4. The average Bonchev–Trinajstić information content (AvgIpc) is 3.35. The number of anilines is 1. The molecule has 3 aliphatic rings. The van der Waals surface area contributed by atoms with Gasteiger partial charge in [-0.2, -0.15) is 8.75 Å². The van der Waals surface area contributed by atoms with E-state index in [9.17, 15) is 24.0 Å². The number of nitrogens with one attached hydrogen (secondary N) is 3. The number of hydrogen-bond donors (Lipinski definition) is 3. The molecule has 3 saturated carbocycles. The van der Waals surface area contributed by atoms with Crippen LogP contribution in [-0.4, -0.2) is 55.7 Å². The first-order valence-corrected chi connectivity index (χ1v) is 12.2. The number of methoxy groups -OCH3 is 1. The van der Waals surface area contributed by atoms with Gasteiger partial charge in [0.05, 0.1) is 25.0 Å². The lowest BCUT2D eigenvalue weighted by atomic mass is 9.50. The van der Waals surface area contributed by atoms with Crippen LogP contribution in [0.15, 0.2) is 41.5 Å². The fraction of sp³-hybridized carbons (Fsp3) is 0.435. The van der Waals surface area contributed by atoms with E-state index in [1.54, 1.807) is 6.07 Å². The van der Waals surface area contributed by atoms with Gasteiger partial charge in [0, 0.05) is 17.8 Å². The molecular formula is C23H26N6O6S. The number of carbonyl (C=O) groups is 4. The van der Waals surface area contributed by atoms with Gasteiger partial charge in [-0.3, -0.25) is 19.2 Å². The number of hydrogen-bond acceptors (Lipinski definition) is 9. The number of carbonyl (C=O) groups excluding carboxylic acids is 4. The topological polar surface area (TPSA) is 161 Å². The van der Waals surface area contributed by atoms with Crippen LogP contribution in [0.4, 0.5) is 5.69 Å². The predicted molar refractivity (Wildman–Crippen MR) is 129 cm³/mol. The molecular weight excluding hydrogens is 488 g/mol. The molecule has 2 aromatic heterocycles. The highest BCUT2D eigenvalue weighted by Gasteiger charge is 2.57. The zero-order valence-electron chi connectivity index (χ0n) is 19.6. The highest BCUT2D eigenvalue weighted by atomic mass is 32.1. The summed E-state index contributed by atoms with van der Waals surface area (Å²) in [6.07, 6.45) is 8.86. The van der Waals surface area contributed by atoms with Gasteiger partial charge in [-0.25, -0.2) is 4.79 Å². The zero-order chi connectivity index (χ0) is 25.7. The van der Waals surface area contributed by atoms with Gasteiger partial charge in [-0.1, -0.05) is 6.08 Å². The Morgan fingerprint density at radius 3 is 2.72 bits per heavy atom. The third-order valence-electron chi connectivity index (χ3n) is 6.33. The second-order valence-corrected chi connectivity index (χ2v) is 9.53. The van der Waals surface area contributed by atoms with Gasteiger partial charge in [-0.15, -0.1) is 0 Å². The van der Waals surface area contributed by atoms with E-state index < -0.39 is 29.4 Å². The average molecular weight is 515 g/mol. The lowest BCUT2D eigenvalue weighted by Gasteiger charge is -2.61. The number of esters is 1. The number of pyridine rings is 1. The molecule has 190 valence electrons. The van der Waals surface area contributed by atoms with Crippen LogP contribution in [-0.2, 0) is 25.7 Å². The molecule has 0 radical (unpaired) electrons. The third-order valence-corrected chi connectivity index (χ3v) is 6.81. The number of rotatable bonds is 11. The van der Waals surface area contributed by atoms with Crippen molar-refractivity contribution in [2.24, 2.45) is 5.92 Å². The monoisotopic (exact) mass is 514 g/mol. The fourth-order valence-corrected chi connectivity index (χ4v) is 4.79. The van der Waals surface area contributed by atoms with Gasteiger partial charge in [0.15, 0.2) is 5.69 Å². The normalized spacial score (nSPS) is 20.5. The number of allylic oxidation sites excluding steroid dienone is 1. The van der Waals surface area contributed by atoms with E-state index in [2.05, 4.69) is 29.4 Å². The van der Waals surface area contributed by atoms with Crippen LogP contribution in [0.5, 0.6) is 0 Å². The second kappa shape index (κ2) is 10.8. The van der Waals surface area contributed by atoms with Crippen molar-refractivity contribution in [3.63, 3.8) is 0 Å². The molecule has 13 heteroatoms. The molecule has 3 N–H and O–H groups in total. The minimum Gasteiger partial charge on any atom is -0.466 e. The summed E-state index contributed by atoms with van der Waals surface area (Å²) in [5.41, 5.74) is -0.615. The summed E-state index contributed by atoms with van der Waals surface area (Å²) in [4.78, 5) is 62.1. The lowest BCUT2D eigenvalue weighted by molar-refractivity contribution is -0.135. The molecule has 36 heavy (non-hydrogen) atoms. The quantitative estimate of drug-likeness (QED) is 0.290. The number of amides is 3. The molecule has 2 heterocycles. The molecule has 3 fully saturated rings. The molecule has 0 unspecified atom stereocenters. The highest BCUT2D eigenvalue weighted by molar-refractivity contribution is 6.99. The summed E-state index contributed by atoms with van der Waals surface area (Å²) >= 11 is 0.852. The first-order valence-electron chi connectivity index (χ1n) is 11.4. The minimum atomic E-state index is -1.04. The molecule has 3 aliphatic carbocycles. The summed E-state index contributed by atoms with van der Waals surface area (Å²) in [5, 5.41) is 8.13. The maximum atomic E-state index is 13.0. The number of nitrogens with zero attached hydrogens (tertiary/aromatic N) is 3. The molecule has 12 nitrogen and oxygen atoms in total.